The molecule has 0 saturated heterocycles. The molecule has 0 spiro atoms. The maximum absolute atomic E-state index is 10.8. The molecule has 0 amide bonds. The average Bonchev–Trinajstić information content (AvgIpc) is 2.41. The lowest BCUT2D eigenvalue weighted by Gasteiger charge is -2.12. The van der Waals surface area contributed by atoms with Crippen LogP contribution in [0, 0.1) is 0 Å². The SMILES string of the molecule is N[C@H](C(=O)O)c1cc(Oc2ccccc2)ccc1O. The smallest absolute Gasteiger partial charge is 0.325 e. The molecule has 0 radical (unpaired) electrons. The second-order valence-corrected chi connectivity index (χ2v) is 3.95. The lowest BCUT2D eigenvalue weighted by Crippen LogP contribution is -2.20. The minimum Gasteiger partial charge on any atom is -0.508 e. The fourth-order valence-electron chi connectivity index (χ4n) is 1.60. The number of carboxylic acid groups (broad SMARTS) is 1. The first-order chi connectivity index (χ1) is 9.08. The van der Waals surface area contributed by atoms with Gasteiger partial charge in [-0.25, -0.2) is 0 Å². The first kappa shape index (κ1) is 12.9. The molecule has 0 unspecified atom stereocenters. The van der Waals surface area contributed by atoms with Crippen LogP contribution < -0.4 is 10.5 Å². The number of carboxylic acids is 1. The third-order valence-electron chi connectivity index (χ3n) is 2.58. The number of hydrogen-bond acceptors (Lipinski definition) is 4. The van der Waals surface area contributed by atoms with Crippen LogP contribution in [0.5, 0.6) is 17.2 Å². The Balaban J connectivity index is 2.28. The maximum atomic E-state index is 10.8. The van der Waals surface area contributed by atoms with Crippen molar-refractivity contribution in [1.82, 2.24) is 0 Å². The predicted octanol–water partition coefficient (Wildman–Crippen LogP) is 2.27. The van der Waals surface area contributed by atoms with Crippen LogP contribution in [0.25, 0.3) is 0 Å². The number of ether oxygens (including phenoxy) is 1. The van der Waals surface area contributed by atoms with Crippen LogP contribution >= 0.6 is 0 Å². The first-order valence-electron chi connectivity index (χ1n) is 5.62. The van der Waals surface area contributed by atoms with Crippen LogP contribution in [0.3, 0.4) is 0 Å². The van der Waals surface area contributed by atoms with E-state index in [1.54, 1.807) is 18.2 Å². The van der Waals surface area contributed by atoms with E-state index in [-0.39, 0.29) is 11.3 Å². The number of nitrogens with two attached hydrogens (primary N) is 1. The highest BCUT2D eigenvalue weighted by atomic mass is 16.5. The number of rotatable bonds is 4. The van der Waals surface area contributed by atoms with Crippen LogP contribution in [0.1, 0.15) is 11.6 Å². The number of carbonyl (C=O) groups is 1. The van der Waals surface area contributed by atoms with Crippen LogP contribution in [-0.2, 0) is 4.79 Å². The van der Waals surface area contributed by atoms with E-state index in [2.05, 4.69) is 0 Å². The van der Waals surface area contributed by atoms with Gasteiger partial charge in [0.15, 0.2) is 0 Å². The summed E-state index contributed by atoms with van der Waals surface area (Å²) in [5, 5.41) is 18.5. The topological polar surface area (TPSA) is 92.8 Å². The van der Waals surface area contributed by atoms with Gasteiger partial charge in [-0.3, -0.25) is 4.79 Å². The summed E-state index contributed by atoms with van der Waals surface area (Å²) in [5.41, 5.74) is 5.60. The lowest BCUT2D eigenvalue weighted by atomic mass is 10.1. The molecule has 0 aromatic heterocycles. The summed E-state index contributed by atoms with van der Waals surface area (Å²) >= 11 is 0. The lowest BCUT2D eigenvalue weighted by molar-refractivity contribution is -0.138. The summed E-state index contributed by atoms with van der Waals surface area (Å²) in [6, 6.07) is 12.1. The van der Waals surface area contributed by atoms with E-state index in [1.165, 1.54) is 12.1 Å². The van der Waals surface area contributed by atoms with Crippen LogP contribution in [0.15, 0.2) is 48.5 Å². The molecule has 2 aromatic carbocycles. The van der Waals surface area contributed by atoms with E-state index in [9.17, 15) is 9.90 Å². The van der Waals surface area contributed by atoms with Gasteiger partial charge < -0.3 is 20.7 Å². The Bertz CT molecular complexity index is 583. The van der Waals surface area contributed by atoms with Crippen molar-refractivity contribution in [2.75, 3.05) is 0 Å². The van der Waals surface area contributed by atoms with Crippen molar-refractivity contribution >= 4 is 5.97 Å². The molecule has 0 fully saturated rings. The third kappa shape index (κ3) is 3.02. The molecule has 2 aromatic rings. The van der Waals surface area contributed by atoms with Gasteiger partial charge in [-0.05, 0) is 30.3 Å². The molecule has 5 nitrogen and oxygen atoms in total. The zero-order chi connectivity index (χ0) is 13.8. The van der Waals surface area contributed by atoms with Crippen molar-refractivity contribution < 1.29 is 19.7 Å². The van der Waals surface area contributed by atoms with E-state index >= 15 is 0 Å². The number of benzene rings is 2. The number of aliphatic carboxylic acids is 1. The van der Waals surface area contributed by atoms with Crippen molar-refractivity contribution in [2.24, 2.45) is 5.73 Å². The van der Waals surface area contributed by atoms with E-state index in [1.807, 2.05) is 18.2 Å². The van der Waals surface area contributed by atoms with Crippen molar-refractivity contribution in [3.63, 3.8) is 0 Å². The van der Waals surface area contributed by atoms with Crippen molar-refractivity contribution in [2.45, 2.75) is 6.04 Å². The molecule has 5 heteroatoms. The number of para-hydroxylation sites is 1. The highest BCUT2D eigenvalue weighted by molar-refractivity contribution is 5.76. The van der Waals surface area contributed by atoms with Gasteiger partial charge in [0.1, 0.15) is 23.3 Å². The Hall–Kier alpha value is -2.53. The number of phenolic OH excluding ortho intramolecular Hbond substituents is 1. The fourth-order valence-corrected chi connectivity index (χ4v) is 1.60. The van der Waals surface area contributed by atoms with Gasteiger partial charge in [0.05, 0.1) is 0 Å². The van der Waals surface area contributed by atoms with E-state index in [0.29, 0.717) is 11.5 Å². The standard InChI is InChI=1S/C14H13NO4/c15-13(14(17)18)11-8-10(6-7-12(11)16)19-9-4-2-1-3-5-9/h1-8,13,16H,15H2,(H,17,18)/t13-/m0/s1. The van der Waals surface area contributed by atoms with Crippen molar-refractivity contribution in [3.8, 4) is 17.2 Å². The van der Waals surface area contributed by atoms with Gasteiger partial charge in [0, 0.05) is 5.56 Å². The molecular weight excluding hydrogens is 246 g/mol. The molecule has 0 aliphatic carbocycles. The van der Waals surface area contributed by atoms with Gasteiger partial charge in [0.25, 0.3) is 0 Å². The summed E-state index contributed by atoms with van der Waals surface area (Å²) in [4.78, 5) is 10.8. The Labute approximate surface area is 109 Å². The molecule has 4 N–H and O–H groups in total. The molecule has 0 bridgehead atoms. The van der Waals surface area contributed by atoms with Crippen molar-refractivity contribution in [3.05, 3.63) is 54.1 Å². The molecule has 19 heavy (non-hydrogen) atoms. The Morgan fingerprint density at radius 3 is 2.42 bits per heavy atom. The molecule has 0 aliphatic rings. The largest absolute Gasteiger partial charge is 0.508 e. The Morgan fingerprint density at radius 2 is 1.79 bits per heavy atom. The summed E-state index contributed by atoms with van der Waals surface area (Å²) in [5.74, 6) is -0.360. The molecular formula is C14H13NO4. The summed E-state index contributed by atoms with van der Waals surface area (Å²) in [7, 11) is 0. The van der Waals surface area contributed by atoms with Crippen LogP contribution in [0.4, 0.5) is 0 Å². The molecule has 0 saturated carbocycles. The van der Waals surface area contributed by atoms with E-state index in [0.717, 1.165) is 0 Å². The molecule has 98 valence electrons. The van der Waals surface area contributed by atoms with Gasteiger partial charge in [-0.1, -0.05) is 18.2 Å². The second-order valence-electron chi connectivity index (χ2n) is 3.95. The van der Waals surface area contributed by atoms with Gasteiger partial charge in [-0.2, -0.15) is 0 Å². The third-order valence-corrected chi connectivity index (χ3v) is 2.58. The maximum Gasteiger partial charge on any atom is 0.325 e. The summed E-state index contributed by atoms with van der Waals surface area (Å²) in [6.45, 7) is 0. The fraction of sp³-hybridized carbons (Fsp3) is 0.0714. The molecule has 1 atom stereocenters. The minimum atomic E-state index is -1.29. The van der Waals surface area contributed by atoms with Crippen LogP contribution in [-0.4, -0.2) is 16.2 Å². The average molecular weight is 259 g/mol. The molecule has 2 rings (SSSR count). The van der Waals surface area contributed by atoms with Gasteiger partial charge in [-0.15, -0.1) is 0 Å². The number of aromatic hydroxyl groups is 1. The predicted molar refractivity (Wildman–Crippen MR) is 69.2 cm³/mol. The van der Waals surface area contributed by atoms with Crippen LogP contribution in [0.2, 0.25) is 0 Å². The summed E-state index contributed by atoms with van der Waals surface area (Å²) < 4.78 is 5.54. The monoisotopic (exact) mass is 259 g/mol. The number of hydrogen-bond donors (Lipinski definition) is 3. The van der Waals surface area contributed by atoms with E-state index < -0.39 is 12.0 Å². The highest BCUT2D eigenvalue weighted by Gasteiger charge is 2.18. The summed E-state index contributed by atoms with van der Waals surface area (Å²) in [6.07, 6.45) is 0. The Morgan fingerprint density at radius 1 is 1.11 bits per heavy atom. The molecule has 0 aliphatic heterocycles. The second kappa shape index (κ2) is 5.41. The normalized spacial score (nSPS) is 11.8. The minimum absolute atomic E-state index is 0.112. The quantitative estimate of drug-likeness (QED) is 0.783. The van der Waals surface area contributed by atoms with E-state index in [4.69, 9.17) is 15.6 Å². The first-order valence-corrected chi connectivity index (χ1v) is 5.62. The zero-order valence-electron chi connectivity index (χ0n) is 9.98. The van der Waals surface area contributed by atoms with Crippen molar-refractivity contribution in [1.29, 1.82) is 0 Å². The Kier molecular flexibility index (Phi) is 3.68. The van der Waals surface area contributed by atoms with Gasteiger partial charge in [0.2, 0.25) is 0 Å². The highest BCUT2D eigenvalue weighted by Crippen LogP contribution is 2.30. The van der Waals surface area contributed by atoms with Gasteiger partial charge >= 0.3 is 5.97 Å². The number of phenols is 1. The zero-order valence-corrected chi connectivity index (χ0v) is 9.98. The molecule has 0 heterocycles.